The largest absolute Gasteiger partial charge is 0.480 e. The molecular formula is C24H26N7O6P. The number of ether oxygens (including phenoxy) is 4. The van der Waals surface area contributed by atoms with Crippen LogP contribution in [-0.2, 0) is 25.5 Å². The highest BCUT2D eigenvalue weighted by Gasteiger charge is 2.56. The molecule has 3 aromatic heterocycles. The van der Waals surface area contributed by atoms with Gasteiger partial charge in [-0.25, -0.2) is 29.3 Å². The Morgan fingerprint density at radius 2 is 1.95 bits per heavy atom. The van der Waals surface area contributed by atoms with Crippen molar-refractivity contribution in [1.29, 1.82) is 0 Å². The number of imidazole rings is 2. The van der Waals surface area contributed by atoms with E-state index in [4.69, 9.17) is 23.5 Å². The summed E-state index contributed by atoms with van der Waals surface area (Å²) in [6.45, 7) is 4.19. The number of hydrogen-bond acceptors (Lipinski definition) is 11. The number of nitrogens with one attached hydrogen (secondary N) is 1. The summed E-state index contributed by atoms with van der Waals surface area (Å²) < 4.78 is 32.3. The summed E-state index contributed by atoms with van der Waals surface area (Å²) in [5.74, 6) is 0.510. The molecule has 5 atom stereocenters. The number of anilines is 1. The van der Waals surface area contributed by atoms with E-state index in [1.165, 1.54) is 29.6 Å². The minimum Gasteiger partial charge on any atom is -0.480 e. The van der Waals surface area contributed by atoms with Crippen LogP contribution in [0.2, 0.25) is 0 Å². The third kappa shape index (κ3) is 4.69. The standard InChI is InChI=1S/C24H26N7O6P/c1-24(2)35-18-16(10-33-23(32)30-8-7-25-12-30)34-22(19(18)36-24)31-13-29-17-20(27-11-28-21(17)31)26-9-14-3-5-15(37-38)6-4-14/h3-8,11-13,16,18-19,22H,9-10,38H2,1-2H3,(H,26,27,28). The lowest BCUT2D eigenvalue weighted by Gasteiger charge is -2.24. The molecule has 2 aliphatic rings. The summed E-state index contributed by atoms with van der Waals surface area (Å²) in [5, 5.41) is 3.32. The fraction of sp³-hybridized carbons (Fsp3) is 0.375. The fourth-order valence-corrected chi connectivity index (χ4v) is 4.81. The lowest BCUT2D eigenvalue weighted by atomic mass is 10.1. The van der Waals surface area contributed by atoms with Crippen LogP contribution in [0.15, 0.2) is 55.6 Å². The van der Waals surface area contributed by atoms with Gasteiger partial charge >= 0.3 is 6.09 Å². The van der Waals surface area contributed by atoms with Crippen LogP contribution in [0.1, 0.15) is 25.6 Å². The van der Waals surface area contributed by atoms with E-state index in [9.17, 15) is 4.79 Å². The molecule has 4 aromatic rings. The van der Waals surface area contributed by atoms with Crippen LogP contribution >= 0.6 is 9.47 Å². The van der Waals surface area contributed by atoms with E-state index in [1.807, 2.05) is 38.1 Å². The molecule has 14 heteroatoms. The van der Waals surface area contributed by atoms with E-state index in [-0.39, 0.29) is 6.61 Å². The van der Waals surface area contributed by atoms with Gasteiger partial charge in [0.1, 0.15) is 43.3 Å². The van der Waals surface area contributed by atoms with Crippen molar-refractivity contribution in [2.24, 2.45) is 0 Å². The number of nitrogens with zero attached hydrogens (tertiary/aromatic N) is 6. The first-order chi connectivity index (χ1) is 18.4. The van der Waals surface area contributed by atoms with Crippen LogP contribution in [0.25, 0.3) is 11.2 Å². The van der Waals surface area contributed by atoms with Crippen molar-refractivity contribution >= 4 is 32.5 Å². The van der Waals surface area contributed by atoms with Crippen LogP contribution in [0, 0.1) is 0 Å². The molecule has 2 fully saturated rings. The number of fused-ring (bicyclic) bond motifs is 2. The first-order valence-corrected chi connectivity index (χ1v) is 12.4. The molecule has 0 bridgehead atoms. The SMILES string of the molecule is CC1(C)OC2C(COC(=O)n3ccnc3)OC(n3cnc4c(NCc5ccc(OP)cc5)ncnc43)C2O1. The second kappa shape index (κ2) is 9.91. The van der Waals surface area contributed by atoms with Gasteiger partial charge in [-0.1, -0.05) is 12.1 Å². The maximum atomic E-state index is 12.3. The van der Waals surface area contributed by atoms with Crippen LogP contribution < -0.4 is 9.84 Å². The van der Waals surface area contributed by atoms with Gasteiger partial charge < -0.3 is 28.8 Å². The molecule has 198 valence electrons. The maximum Gasteiger partial charge on any atom is 0.419 e. The minimum absolute atomic E-state index is 0.0247. The zero-order chi connectivity index (χ0) is 26.3. The molecule has 0 aliphatic carbocycles. The van der Waals surface area contributed by atoms with Crippen LogP contribution in [0.3, 0.4) is 0 Å². The lowest BCUT2D eigenvalue weighted by molar-refractivity contribution is -0.199. The van der Waals surface area contributed by atoms with Gasteiger partial charge in [-0.15, -0.1) is 0 Å². The lowest BCUT2D eigenvalue weighted by Crippen LogP contribution is -2.34. The molecule has 13 nitrogen and oxygen atoms in total. The van der Waals surface area contributed by atoms with E-state index >= 15 is 0 Å². The Hall–Kier alpha value is -3.64. The average Bonchev–Trinajstić information content (AvgIpc) is 3.70. The Morgan fingerprint density at radius 3 is 2.71 bits per heavy atom. The van der Waals surface area contributed by atoms with Crippen LogP contribution in [0.5, 0.6) is 5.75 Å². The van der Waals surface area contributed by atoms with Gasteiger partial charge in [-0.3, -0.25) is 4.57 Å². The maximum absolute atomic E-state index is 12.3. The third-order valence-electron chi connectivity index (χ3n) is 6.36. The molecule has 0 amide bonds. The average molecular weight is 539 g/mol. The molecule has 2 aliphatic heterocycles. The van der Waals surface area contributed by atoms with E-state index in [0.717, 1.165) is 11.3 Å². The van der Waals surface area contributed by atoms with Crippen molar-refractivity contribution in [2.75, 3.05) is 11.9 Å². The van der Waals surface area contributed by atoms with Gasteiger partial charge in [-0.2, -0.15) is 0 Å². The Bertz CT molecular complexity index is 1430. The van der Waals surface area contributed by atoms with E-state index in [2.05, 4.69) is 34.7 Å². The van der Waals surface area contributed by atoms with Crippen molar-refractivity contribution in [1.82, 2.24) is 29.1 Å². The van der Waals surface area contributed by atoms with E-state index < -0.39 is 36.4 Å². The van der Waals surface area contributed by atoms with Crippen molar-refractivity contribution < 1.29 is 28.3 Å². The summed E-state index contributed by atoms with van der Waals surface area (Å²) in [7, 11) is 2.23. The Balaban J connectivity index is 1.21. The summed E-state index contributed by atoms with van der Waals surface area (Å²) in [5.41, 5.74) is 2.21. The number of hydrogen-bond donors (Lipinski definition) is 1. The predicted molar refractivity (Wildman–Crippen MR) is 136 cm³/mol. The van der Waals surface area contributed by atoms with Crippen molar-refractivity contribution in [2.45, 2.75) is 50.7 Å². The summed E-state index contributed by atoms with van der Waals surface area (Å²) in [4.78, 5) is 29.6. The number of aromatic nitrogens is 6. The molecule has 1 N–H and O–H groups in total. The monoisotopic (exact) mass is 539 g/mol. The van der Waals surface area contributed by atoms with Crippen molar-refractivity contribution in [3.05, 3.63) is 61.2 Å². The first-order valence-electron chi connectivity index (χ1n) is 11.9. The Kier molecular flexibility index (Phi) is 6.44. The second-order valence-corrected chi connectivity index (χ2v) is 9.57. The number of benzene rings is 1. The molecule has 5 unspecified atom stereocenters. The summed E-state index contributed by atoms with van der Waals surface area (Å²) >= 11 is 0. The van der Waals surface area contributed by atoms with Gasteiger partial charge in [0.25, 0.3) is 0 Å². The molecule has 0 spiro atoms. The number of carbonyl (C=O) groups is 1. The molecule has 1 aromatic carbocycles. The van der Waals surface area contributed by atoms with Gasteiger partial charge in [0.05, 0.1) is 15.8 Å². The quantitative estimate of drug-likeness (QED) is 0.347. The molecule has 6 rings (SSSR count). The molecular weight excluding hydrogens is 513 g/mol. The van der Waals surface area contributed by atoms with Crippen LogP contribution in [0.4, 0.5) is 10.6 Å². The van der Waals surface area contributed by atoms with Crippen molar-refractivity contribution in [3.8, 4) is 5.75 Å². The molecule has 0 radical (unpaired) electrons. The Labute approximate surface area is 219 Å². The molecule has 5 heterocycles. The Morgan fingerprint density at radius 1 is 1.13 bits per heavy atom. The third-order valence-corrected chi connectivity index (χ3v) is 6.64. The van der Waals surface area contributed by atoms with Crippen molar-refractivity contribution in [3.63, 3.8) is 0 Å². The minimum atomic E-state index is -0.834. The van der Waals surface area contributed by atoms with Gasteiger partial charge in [-0.05, 0) is 31.5 Å². The smallest absolute Gasteiger partial charge is 0.419 e. The highest BCUT2D eigenvalue weighted by Crippen LogP contribution is 2.44. The van der Waals surface area contributed by atoms with E-state index in [0.29, 0.717) is 23.5 Å². The first kappa shape index (κ1) is 24.7. The van der Waals surface area contributed by atoms with E-state index in [1.54, 1.807) is 10.9 Å². The van der Waals surface area contributed by atoms with Gasteiger partial charge in [0, 0.05) is 18.9 Å². The fourth-order valence-electron chi connectivity index (χ4n) is 4.65. The molecule has 2 saturated heterocycles. The van der Waals surface area contributed by atoms with Gasteiger partial charge in [0.2, 0.25) is 0 Å². The zero-order valence-electron chi connectivity index (χ0n) is 20.6. The molecule has 0 saturated carbocycles. The summed E-state index contributed by atoms with van der Waals surface area (Å²) in [6, 6.07) is 7.70. The number of carbonyl (C=O) groups excluding carboxylic acids is 1. The second-order valence-electron chi connectivity index (χ2n) is 9.34. The van der Waals surface area contributed by atoms with Gasteiger partial charge in [0.15, 0.2) is 29.0 Å². The predicted octanol–water partition coefficient (Wildman–Crippen LogP) is 2.91. The highest BCUT2D eigenvalue weighted by atomic mass is 31.0. The normalized spacial score (nSPS) is 23.9. The van der Waals surface area contributed by atoms with Crippen LogP contribution in [-0.4, -0.2) is 65.9 Å². The summed E-state index contributed by atoms with van der Waals surface area (Å²) in [6.07, 6.45) is 4.84. The zero-order valence-corrected chi connectivity index (χ0v) is 21.8. The highest BCUT2D eigenvalue weighted by molar-refractivity contribution is 7.10. The topological polar surface area (TPSA) is 137 Å². The molecule has 38 heavy (non-hydrogen) atoms. The number of rotatable bonds is 7.